The van der Waals surface area contributed by atoms with Gasteiger partial charge in [0.05, 0.1) is 25.2 Å². The molecular formula is C62H101NO5. The number of amides is 1. The molecule has 0 saturated heterocycles. The molecule has 0 heterocycles. The number of carbonyl (C=O) groups is 2. The first-order valence-corrected chi connectivity index (χ1v) is 27.4. The van der Waals surface area contributed by atoms with Crippen molar-refractivity contribution in [2.45, 2.75) is 238 Å². The lowest BCUT2D eigenvalue weighted by molar-refractivity contribution is -0.150. The number of ether oxygens (including phenoxy) is 1. The maximum Gasteiger partial charge on any atom is 0.306 e. The standard InChI is InChI=1S/C62H101NO5/c1-4-7-10-13-16-19-22-25-28-29-30-31-34-37-40-43-46-49-52-55-62(67)68-58(53-50-47-44-41-38-35-32-26-23-20-17-14-11-8-5-2)56-61(66)63-59(57-64)60(65)54-51-48-45-42-39-36-33-27-24-21-18-15-12-9-6-3/h7-8,10-11,16-17,19-20,25-26,28,30-32,37-38,40-41,46-47,49-50,58-60,64-65H,4-6,9,12-15,18,21-24,27,29,33-36,39,42-45,48,51-57H2,1-3H3,(H,63,66)/b10-7-,11-8-,19-16-,20-17-,28-25-,31-30-,32-26-,40-37-,41-38-,49-46-,50-47-. The van der Waals surface area contributed by atoms with E-state index in [-0.39, 0.29) is 31.3 Å². The van der Waals surface area contributed by atoms with Crippen LogP contribution in [0, 0.1) is 0 Å². The smallest absolute Gasteiger partial charge is 0.306 e. The molecule has 3 unspecified atom stereocenters. The fourth-order valence-electron chi connectivity index (χ4n) is 7.42. The first kappa shape index (κ1) is 64.0. The Morgan fingerprint density at radius 1 is 0.456 bits per heavy atom. The zero-order chi connectivity index (χ0) is 49.5. The van der Waals surface area contributed by atoms with Gasteiger partial charge in [-0.2, -0.15) is 0 Å². The Labute approximate surface area is 418 Å². The summed E-state index contributed by atoms with van der Waals surface area (Å²) in [5, 5.41) is 23.8. The topological polar surface area (TPSA) is 95.9 Å². The van der Waals surface area contributed by atoms with Crippen molar-refractivity contribution in [1.82, 2.24) is 5.32 Å². The van der Waals surface area contributed by atoms with Crippen molar-refractivity contribution in [1.29, 1.82) is 0 Å². The average Bonchev–Trinajstić information content (AvgIpc) is 3.33. The van der Waals surface area contributed by atoms with E-state index in [4.69, 9.17) is 4.74 Å². The molecule has 0 fully saturated rings. The zero-order valence-electron chi connectivity index (χ0n) is 43.7. The zero-order valence-corrected chi connectivity index (χ0v) is 43.7. The van der Waals surface area contributed by atoms with E-state index in [9.17, 15) is 19.8 Å². The number of aliphatic hydroxyl groups is 2. The van der Waals surface area contributed by atoms with Gasteiger partial charge in [0, 0.05) is 12.8 Å². The van der Waals surface area contributed by atoms with Gasteiger partial charge in [0.1, 0.15) is 6.10 Å². The second kappa shape index (κ2) is 53.9. The van der Waals surface area contributed by atoms with Gasteiger partial charge in [0.15, 0.2) is 0 Å². The Morgan fingerprint density at radius 3 is 1.16 bits per heavy atom. The summed E-state index contributed by atoms with van der Waals surface area (Å²) in [6, 6.07) is -0.757. The fraction of sp³-hybridized carbons (Fsp3) is 0.613. The van der Waals surface area contributed by atoms with Crippen LogP contribution in [0.2, 0.25) is 0 Å². The number of allylic oxidation sites excluding steroid dienone is 21. The first-order chi connectivity index (χ1) is 33.5. The van der Waals surface area contributed by atoms with Crippen molar-refractivity contribution >= 4 is 11.9 Å². The fourth-order valence-corrected chi connectivity index (χ4v) is 7.42. The third kappa shape index (κ3) is 48.5. The summed E-state index contributed by atoms with van der Waals surface area (Å²) < 4.78 is 5.84. The molecule has 6 heteroatoms. The van der Waals surface area contributed by atoms with Crippen LogP contribution in [0.25, 0.3) is 0 Å². The Hall–Kier alpha value is -4.00. The van der Waals surface area contributed by atoms with E-state index in [2.05, 4.69) is 142 Å². The van der Waals surface area contributed by atoms with Crippen LogP contribution in [0.15, 0.2) is 134 Å². The largest absolute Gasteiger partial charge is 0.461 e. The van der Waals surface area contributed by atoms with E-state index in [1.807, 2.05) is 18.2 Å². The Balaban J connectivity index is 4.82. The molecule has 0 aliphatic heterocycles. The van der Waals surface area contributed by atoms with Gasteiger partial charge in [-0.05, 0) is 83.5 Å². The highest BCUT2D eigenvalue weighted by molar-refractivity contribution is 5.77. The van der Waals surface area contributed by atoms with E-state index < -0.39 is 18.2 Å². The van der Waals surface area contributed by atoms with Crippen LogP contribution in [-0.4, -0.2) is 46.9 Å². The van der Waals surface area contributed by atoms with Crippen molar-refractivity contribution in [3.8, 4) is 0 Å². The number of carbonyl (C=O) groups excluding carboxylic acids is 2. The van der Waals surface area contributed by atoms with Crippen molar-refractivity contribution < 1.29 is 24.5 Å². The molecule has 0 rings (SSSR count). The molecule has 1 amide bonds. The Bertz CT molecular complexity index is 1470. The van der Waals surface area contributed by atoms with Crippen LogP contribution < -0.4 is 5.32 Å². The summed E-state index contributed by atoms with van der Waals surface area (Å²) in [4.78, 5) is 26.2. The van der Waals surface area contributed by atoms with Gasteiger partial charge < -0.3 is 20.3 Å². The minimum Gasteiger partial charge on any atom is -0.461 e. The molecule has 0 bridgehead atoms. The Kier molecular flexibility index (Phi) is 50.8. The highest BCUT2D eigenvalue weighted by Crippen LogP contribution is 2.16. The van der Waals surface area contributed by atoms with E-state index in [1.165, 1.54) is 77.0 Å². The van der Waals surface area contributed by atoms with E-state index >= 15 is 0 Å². The molecule has 384 valence electrons. The van der Waals surface area contributed by atoms with Gasteiger partial charge in [-0.1, -0.05) is 251 Å². The van der Waals surface area contributed by atoms with Gasteiger partial charge in [-0.15, -0.1) is 0 Å². The second-order valence-corrected chi connectivity index (χ2v) is 17.9. The number of esters is 1. The average molecular weight is 940 g/mol. The van der Waals surface area contributed by atoms with Crippen molar-refractivity contribution in [2.75, 3.05) is 6.61 Å². The summed E-state index contributed by atoms with van der Waals surface area (Å²) >= 11 is 0. The van der Waals surface area contributed by atoms with E-state index in [0.29, 0.717) is 19.3 Å². The summed E-state index contributed by atoms with van der Waals surface area (Å²) in [7, 11) is 0. The highest BCUT2D eigenvalue weighted by Gasteiger charge is 2.23. The van der Waals surface area contributed by atoms with Crippen LogP contribution in [0.5, 0.6) is 0 Å². The van der Waals surface area contributed by atoms with E-state index in [0.717, 1.165) is 89.9 Å². The highest BCUT2D eigenvalue weighted by atomic mass is 16.5. The molecule has 0 aliphatic carbocycles. The maximum atomic E-state index is 13.2. The van der Waals surface area contributed by atoms with Crippen molar-refractivity contribution in [3.63, 3.8) is 0 Å². The molecule has 0 aromatic rings. The summed E-state index contributed by atoms with van der Waals surface area (Å²) in [6.45, 7) is 6.21. The van der Waals surface area contributed by atoms with Gasteiger partial charge >= 0.3 is 5.97 Å². The number of unbranched alkanes of at least 4 members (excludes halogenated alkanes) is 14. The third-order valence-corrected chi connectivity index (χ3v) is 11.5. The molecule has 0 aromatic heterocycles. The van der Waals surface area contributed by atoms with Crippen LogP contribution in [0.4, 0.5) is 0 Å². The number of nitrogens with one attached hydrogen (secondary N) is 1. The molecule has 3 N–H and O–H groups in total. The quantitative estimate of drug-likeness (QED) is 0.0321. The van der Waals surface area contributed by atoms with Crippen LogP contribution in [0.1, 0.15) is 220 Å². The lowest BCUT2D eigenvalue weighted by Gasteiger charge is -2.24. The lowest BCUT2D eigenvalue weighted by Crippen LogP contribution is -2.46. The molecule has 0 spiro atoms. The number of hydrogen-bond donors (Lipinski definition) is 3. The van der Waals surface area contributed by atoms with Gasteiger partial charge in [-0.3, -0.25) is 9.59 Å². The van der Waals surface area contributed by atoms with Gasteiger partial charge in [-0.25, -0.2) is 0 Å². The first-order valence-electron chi connectivity index (χ1n) is 27.4. The molecule has 3 atom stereocenters. The molecule has 0 aromatic carbocycles. The molecule has 68 heavy (non-hydrogen) atoms. The van der Waals surface area contributed by atoms with Crippen molar-refractivity contribution in [3.05, 3.63) is 134 Å². The number of aliphatic hydroxyl groups excluding tert-OH is 2. The van der Waals surface area contributed by atoms with Gasteiger partial charge in [0.25, 0.3) is 0 Å². The monoisotopic (exact) mass is 940 g/mol. The molecule has 0 radical (unpaired) electrons. The predicted molar refractivity (Wildman–Crippen MR) is 296 cm³/mol. The molecular weight excluding hydrogens is 839 g/mol. The molecule has 6 nitrogen and oxygen atoms in total. The number of hydrogen-bond acceptors (Lipinski definition) is 5. The summed E-state index contributed by atoms with van der Waals surface area (Å²) in [6.07, 6.45) is 76.8. The predicted octanol–water partition coefficient (Wildman–Crippen LogP) is 17.0. The lowest BCUT2D eigenvalue weighted by atomic mass is 10.0. The third-order valence-electron chi connectivity index (χ3n) is 11.5. The number of rotatable bonds is 47. The molecule has 0 saturated carbocycles. The van der Waals surface area contributed by atoms with Crippen LogP contribution in [-0.2, 0) is 14.3 Å². The molecule has 0 aliphatic rings. The Morgan fingerprint density at radius 2 is 0.794 bits per heavy atom. The summed E-state index contributed by atoms with van der Waals surface area (Å²) in [5.41, 5.74) is 0. The van der Waals surface area contributed by atoms with Crippen LogP contribution in [0.3, 0.4) is 0 Å². The maximum absolute atomic E-state index is 13.2. The minimum atomic E-state index is -0.834. The van der Waals surface area contributed by atoms with E-state index in [1.54, 1.807) is 0 Å². The summed E-state index contributed by atoms with van der Waals surface area (Å²) in [5.74, 6) is -0.691. The second-order valence-electron chi connectivity index (χ2n) is 17.9. The minimum absolute atomic E-state index is 0.0395. The normalized spacial score (nSPS) is 14.2. The van der Waals surface area contributed by atoms with Crippen LogP contribution >= 0.6 is 0 Å². The van der Waals surface area contributed by atoms with Gasteiger partial charge in [0.2, 0.25) is 5.91 Å². The SMILES string of the molecule is CC/C=C\C/C=C\C/C=C\C/C=C\C/C=C\C/C=C\CCC(=O)OC(C/C=C\C/C=C\C/C=C\C/C=C\C/C=C\CC)CC(=O)NC(CO)C(O)CCCCCCCCCCCCCCCCC. The van der Waals surface area contributed by atoms with Crippen molar-refractivity contribution in [2.24, 2.45) is 0 Å².